The van der Waals surface area contributed by atoms with Crippen LogP contribution in [-0.2, 0) is 0 Å². The Balaban J connectivity index is 1.63. The second-order valence-corrected chi connectivity index (χ2v) is 8.25. The molecule has 2 aromatic heterocycles. The maximum Gasteiger partial charge on any atom is 0.285 e. The summed E-state index contributed by atoms with van der Waals surface area (Å²) in [7, 11) is 0. The van der Waals surface area contributed by atoms with Crippen molar-refractivity contribution < 1.29 is 4.79 Å². The van der Waals surface area contributed by atoms with E-state index in [1.807, 2.05) is 24.3 Å². The highest BCUT2D eigenvalue weighted by Crippen LogP contribution is 2.38. The molecule has 5 aromatic rings. The average molecular weight is 491 g/mol. The van der Waals surface area contributed by atoms with Crippen LogP contribution in [0.15, 0.2) is 71.5 Å². The molecule has 0 atom stereocenters. The van der Waals surface area contributed by atoms with E-state index in [0.717, 1.165) is 10.9 Å². The SMILES string of the molecule is Cc1n[nH]nc1C(=O)N(c1ccc(-c2n[nH]c(=O)c3ccccc23)cc1)c1cccc(Cl)c1Cl. The van der Waals surface area contributed by atoms with E-state index < -0.39 is 5.91 Å². The van der Waals surface area contributed by atoms with Crippen molar-refractivity contribution in [3.8, 4) is 11.3 Å². The first-order valence-electron chi connectivity index (χ1n) is 10.2. The third kappa shape index (κ3) is 3.72. The molecule has 0 bridgehead atoms. The highest BCUT2D eigenvalue weighted by atomic mass is 35.5. The van der Waals surface area contributed by atoms with Gasteiger partial charge in [0.25, 0.3) is 11.5 Å². The Hall–Kier alpha value is -4.01. The monoisotopic (exact) mass is 490 g/mol. The maximum atomic E-state index is 13.5. The number of hydrogen-bond donors (Lipinski definition) is 2. The Morgan fingerprint density at radius 1 is 0.882 bits per heavy atom. The van der Waals surface area contributed by atoms with Gasteiger partial charge in [0.05, 0.1) is 32.5 Å². The van der Waals surface area contributed by atoms with E-state index in [4.69, 9.17) is 23.2 Å². The number of nitrogens with zero attached hydrogens (tertiary/aromatic N) is 4. The number of H-pyrrole nitrogens is 2. The second-order valence-electron chi connectivity index (χ2n) is 7.46. The fourth-order valence-electron chi connectivity index (χ4n) is 3.73. The van der Waals surface area contributed by atoms with E-state index in [1.54, 1.807) is 49.4 Å². The Kier molecular flexibility index (Phi) is 5.61. The molecule has 0 fully saturated rings. The maximum absolute atomic E-state index is 13.5. The van der Waals surface area contributed by atoms with Gasteiger partial charge in [-0.05, 0) is 37.3 Å². The number of rotatable bonds is 4. The number of aryl methyl sites for hydroxylation is 1. The summed E-state index contributed by atoms with van der Waals surface area (Å²) in [5.41, 5.74) is 2.68. The summed E-state index contributed by atoms with van der Waals surface area (Å²) in [6.45, 7) is 1.69. The summed E-state index contributed by atoms with van der Waals surface area (Å²) < 4.78 is 0. The molecular weight excluding hydrogens is 475 g/mol. The van der Waals surface area contributed by atoms with Crippen LogP contribution in [0.3, 0.4) is 0 Å². The lowest BCUT2D eigenvalue weighted by Crippen LogP contribution is -2.27. The molecule has 34 heavy (non-hydrogen) atoms. The average Bonchev–Trinajstić information content (AvgIpc) is 3.29. The first-order chi connectivity index (χ1) is 16.5. The standard InChI is InChI=1S/C24H16Cl2N6O2/c1-13-21(29-31-27-13)24(34)32(19-8-4-7-18(25)20(19)26)15-11-9-14(10-12-15)22-16-5-2-3-6-17(16)23(33)30-28-22/h2-12H,1H3,(H,30,33)(H,27,29,31). The Bertz CT molecular complexity index is 1590. The van der Waals surface area contributed by atoms with Gasteiger partial charge in [-0.25, -0.2) is 5.10 Å². The van der Waals surface area contributed by atoms with Gasteiger partial charge >= 0.3 is 0 Å². The van der Waals surface area contributed by atoms with Gasteiger partial charge in [0.15, 0.2) is 5.69 Å². The zero-order chi connectivity index (χ0) is 23.8. The predicted molar refractivity (Wildman–Crippen MR) is 132 cm³/mol. The molecule has 10 heteroatoms. The number of amides is 1. The highest BCUT2D eigenvalue weighted by Gasteiger charge is 2.26. The Labute approximate surface area is 203 Å². The minimum atomic E-state index is -0.421. The Morgan fingerprint density at radius 3 is 2.32 bits per heavy atom. The van der Waals surface area contributed by atoms with Crippen LogP contribution >= 0.6 is 23.2 Å². The fourth-order valence-corrected chi connectivity index (χ4v) is 4.11. The minimum Gasteiger partial charge on any atom is -0.274 e. The number of nitrogens with one attached hydrogen (secondary N) is 2. The summed E-state index contributed by atoms with van der Waals surface area (Å²) in [4.78, 5) is 27.1. The summed E-state index contributed by atoms with van der Waals surface area (Å²) in [6.07, 6.45) is 0. The first-order valence-corrected chi connectivity index (χ1v) is 10.9. The number of benzene rings is 3. The number of anilines is 2. The minimum absolute atomic E-state index is 0.161. The first kappa shape index (κ1) is 21.8. The van der Waals surface area contributed by atoms with E-state index >= 15 is 0 Å². The van der Waals surface area contributed by atoms with Gasteiger partial charge in [0, 0.05) is 16.6 Å². The van der Waals surface area contributed by atoms with E-state index in [1.165, 1.54) is 4.90 Å². The summed E-state index contributed by atoms with van der Waals surface area (Å²) in [6, 6.07) is 19.5. The lowest BCUT2D eigenvalue weighted by Gasteiger charge is -2.24. The zero-order valence-electron chi connectivity index (χ0n) is 17.7. The topological polar surface area (TPSA) is 108 Å². The fraction of sp³-hybridized carbons (Fsp3) is 0.0417. The molecule has 3 aromatic carbocycles. The predicted octanol–water partition coefficient (Wildman–Crippen LogP) is 5.30. The molecule has 2 N–H and O–H groups in total. The van der Waals surface area contributed by atoms with Crippen LogP contribution in [-0.4, -0.2) is 31.5 Å². The molecule has 0 aliphatic heterocycles. The van der Waals surface area contributed by atoms with E-state index in [9.17, 15) is 9.59 Å². The molecule has 5 rings (SSSR count). The summed E-state index contributed by atoms with van der Waals surface area (Å²) in [5.74, 6) is -0.421. The number of aromatic amines is 2. The van der Waals surface area contributed by atoms with E-state index in [-0.39, 0.29) is 16.3 Å². The molecule has 2 heterocycles. The summed E-state index contributed by atoms with van der Waals surface area (Å²) in [5, 5.41) is 19.0. The van der Waals surface area contributed by atoms with Crippen molar-refractivity contribution in [2.75, 3.05) is 4.90 Å². The third-order valence-electron chi connectivity index (χ3n) is 5.39. The molecule has 168 valence electrons. The van der Waals surface area contributed by atoms with Crippen LogP contribution in [0.25, 0.3) is 22.0 Å². The van der Waals surface area contributed by atoms with Crippen LogP contribution in [0.2, 0.25) is 10.0 Å². The van der Waals surface area contributed by atoms with Gasteiger partial charge in [0.1, 0.15) is 0 Å². The summed E-state index contributed by atoms with van der Waals surface area (Å²) >= 11 is 12.7. The number of carbonyl (C=O) groups is 1. The van der Waals surface area contributed by atoms with Crippen molar-refractivity contribution in [1.29, 1.82) is 0 Å². The quantitative estimate of drug-likeness (QED) is 0.355. The number of fused-ring (bicyclic) bond motifs is 1. The van der Waals surface area contributed by atoms with Crippen molar-refractivity contribution in [2.24, 2.45) is 0 Å². The normalized spacial score (nSPS) is 11.0. The third-order valence-corrected chi connectivity index (χ3v) is 6.20. The largest absolute Gasteiger partial charge is 0.285 e. The van der Waals surface area contributed by atoms with Gasteiger partial charge in [-0.2, -0.15) is 20.5 Å². The molecule has 0 unspecified atom stereocenters. The molecule has 0 saturated carbocycles. The van der Waals surface area contributed by atoms with Crippen LogP contribution < -0.4 is 10.5 Å². The van der Waals surface area contributed by atoms with Crippen molar-refractivity contribution in [2.45, 2.75) is 6.92 Å². The van der Waals surface area contributed by atoms with Gasteiger partial charge in [-0.3, -0.25) is 14.5 Å². The molecular formula is C24H16Cl2N6O2. The molecule has 8 nitrogen and oxygen atoms in total. The van der Waals surface area contributed by atoms with Crippen LogP contribution in [0.4, 0.5) is 11.4 Å². The van der Waals surface area contributed by atoms with Crippen LogP contribution in [0.1, 0.15) is 16.2 Å². The van der Waals surface area contributed by atoms with Gasteiger partial charge < -0.3 is 0 Å². The Morgan fingerprint density at radius 2 is 1.62 bits per heavy atom. The van der Waals surface area contributed by atoms with Crippen molar-refractivity contribution in [3.63, 3.8) is 0 Å². The van der Waals surface area contributed by atoms with Crippen LogP contribution in [0, 0.1) is 6.92 Å². The van der Waals surface area contributed by atoms with Crippen LogP contribution in [0.5, 0.6) is 0 Å². The smallest absolute Gasteiger partial charge is 0.274 e. The lowest BCUT2D eigenvalue weighted by molar-refractivity contribution is 0.0994. The molecule has 0 spiro atoms. The number of halogens is 2. The molecule has 0 radical (unpaired) electrons. The number of hydrogen-bond acceptors (Lipinski definition) is 5. The van der Waals surface area contributed by atoms with Crippen molar-refractivity contribution in [1.82, 2.24) is 25.6 Å². The molecule has 0 aliphatic carbocycles. The zero-order valence-corrected chi connectivity index (χ0v) is 19.2. The number of aromatic nitrogens is 5. The molecule has 1 amide bonds. The lowest BCUT2D eigenvalue weighted by atomic mass is 10.0. The number of carbonyl (C=O) groups excluding carboxylic acids is 1. The highest BCUT2D eigenvalue weighted by molar-refractivity contribution is 6.44. The molecule has 0 saturated heterocycles. The van der Waals surface area contributed by atoms with Crippen molar-refractivity contribution >= 4 is 51.3 Å². The second kappa shape index (κ2) is 8.74. The van der Waals surface area contributed by atoms with E-state index in [0.29, 0.717) is 33.2 Å². The van der Waals surface area contributed by atoms with E-state index in [2.05, 4.69) is 25.6 Å². The van der Waals surface area contributed by atoms with Gasteiger partial charge in [0.2, 0.25) is 0 Å². The molecule has 0 aliphatic rings. The van der Waals surface area contributed by atoms with Gasteiger partial charge in [-0.1, -0.05) is 59.6 Å². The van der Waals surface area contributed by atoms with Gasteiger partial charge in [-0.15, -0.1) is 0 Å². The van der Waals surface area contributed by atoms with Crippen molar-refractivity contribution in [3.05, 3.63) is 98.5 Å².